The lowest BCUT2D eigenvalue weighted by atomic mass is 9.80. The molecule has 2 nitrogen and oxygen atoms in total. The summed E-state index contributed by atoms with van der Waals surface area (Å²) in [5.74, 6) is 1.48. The molecule has 0 N–H and O–H groups in total. The van der Waals surface area contributed by atoms with Gasteiger partial charge in [0.05, 0.1) is 6.10 Å². The van der Waals surface area contributed by atoms with E-state index in [1.807, 2.05) is 6.08 Å². The quantitative estimate of drug-likeness (QED) is 0.249. The number of hydrogen-bond donors (Lipinski definition) is 0. The second-order valence-corrected chi connectivity index (χ2v) is 10.2. The molecular formula is C30H42FNO. The Morgan fingerprint density at radius 3 is 2.39 bits per heavy atom. The van der Waals surface area contributed by atoms with Gasteiger partial charge in [-0.1, -0.05) is 62.6 Å². The molecule has 2 fully saturated rings. The van der Waals surface area contributed by atoms with Gasteiger partial charge in [0, 0.05) is 6.61 Å². The standard InChI is InChI=1S/C30H42FNO/c1-2-3-7-24-14-16-27(17-15-24)28-18-20-30(21-19-28)33-23-26-12-10-25(11-13-26)8-5-4-6-9-29(31)22-32/h4,6,9,14-17,25-26,28,30H,2-3,5,7-8,10-13,18-21,23H2,1H3. The zero-order valence-corrected chi connectivity index (χ0v) is 20.5. The van der Waals surface area contributed by atoms with Gasteiger partial charge in [0.25, 0.3) is 0 Å². The number of aryl methyl sites for hydroxylation is 1. The Bertz CT molecular complexity index is 775. The predicted molar refractivity (Wildman–Crippen MR) is 135 cm³/mol. The summed E-state index contributed by atoms with van der Waals surface area (Å²) in [5, 5.41) is 8.40. The molecule has 2 aliphatic rings. The summed E-state index contributed by atoms with van der Waals surface area (Å²) in [7, 11) is 0. The van der Waals surface area contributed by atoms with Crippen LogP contribution in [0.15, 0.2) is 48.3 Å². The third-order valence-electron chi connectivity index (χ3n) is 7.71. The monoisotopic (exact) mass is 451 g/mol. The third-order valence-corrected chi connectivity index (χ3v) is 7.71. The number of allylic oxidation sites excluding steroid dienone is 4. The number of benzene rings is 1. The van der Waals surface area contributed by atoms with Gasteiger partial charge in [-0.05, 0) is 99.2 Å². The maximum Gasteiger partial charge on any atom is 0.199 e. The van der Waals surface area contributed by atoms with Crippen molar-refractivity contribution in [1.29, 1.82) is 5.26 Å². The SMILES string of the molecule is CCCCc1ccc(C2CCC(OCC3CCC(CCC=CC=C(F)C#N)CC3)CC2)cc1. The first-order valence-corrected chi connectivity index (χ1v) is 13.3. The number of ether oxygens (including phenoxy) is 1. The van der Waals surface area contributed by atoms with Crippen molar-refractivity contribution in [3.63, 3.8) is 0 Å². The van der Waals surface area contributed by atoms with E-state index in [2.05, 4.69) is 31.2 Å². The highest BCUT2D eigenvalue weighted by molar-refractivity contribution is 5.26. The van der Waals surface area contributed by atoms with Gasteiger partial charge in [0.15, 0.2) is 5.83 Å². The smallest absolute Gasteiger partial charge is 0.199 e. The molecule has 0 amide bonds. The number of nitriles is 1. The second kappa shape index (κ2) is 14.4. The van der Waals surface area contributed by atoms with Crippen LogP contribution >= 0.6 is 0 Å². The fraction of sp³-hybridized carbons (Fsp3) is 0.633. The largest absolute Gasteiger partial charge is 0.378 e. The van der Waals surface area contributed by atoms with E-state index in [4.69, 9.17) is 10.00 Å². The van der Waals surface area contributed by atoms with E-state index in [1.165, 1.54) is 93.9 Å². The summed E-state index contributed by atoms with van der Waals surface area (Å²) < 4.78 is 19.1. The number of nitrogens with zero attached hydrogens (tertiary/aromatic N) is 1. The molecule has 3 rings (SSSR count). The Labute approximate surface area is 200 Å². The van der Waals surface area contributed by atoms with Crippen molar-refractivity contribution < 1.29 is 9.13 Å². The normalized spacial score (nSPS) is 26.4. The van der Waals surface area contributed by atoms with Crippen LogP contribution in [0.2, 0.25) is 0 Å². The van der Waals surface area contributed by atoms with E-state index >= 15 is 0 Å². The van der Waals surface area contributed by atoms with Crippen LogP contribution in [-0.2, 0) is 11.2 Å². The van der Waals surface area contributed by atoms with Crippen molar-refractivity contribution in [3.8, 4) is 6.07 Å². The highest BCUT2D eigenvalue weighted by Gasteiger charge is 2.25. The molecule has 0 aliphatic heterocycles. The van der Waals surface area contributed by atoms with Gasteiger partial charge in [-0.15, -0.1) is 0 Å². The first-order chi connectivity index (χ1) is 16.2. The highest BCUT2D eigenvalue weighted by Crippen LogP contribution is 2.36. The van der Waals surface area contributed by atoms with E-state index in [9.17, 15) is 4.39 Å². The average molecular weight is 452 g/mol. The topological polar surface area (TPSA) is 33.0 Å². The minimum atomic E-state index is -0.725. The lowest BCUT2D eigenvalue weighted by Crippen LogP contribution is -2.25. The van der Waals surface area contributed by atoms with Gasteiger partial charge >= 0.3 is 0 Å². The number of rotatable bonds is 11. The Hall–Kier alpha value is -1.92. The van der Waals surface area contributed by atoms with Crippen molar-refractivity contribution in [2.24, 2.45) is 11.8 Å². The number of hydrogen-bond acceptors (Lipinski definition) is 2. The summed E-state index contributed by atoms with van der Waals surface area (Å²) in [4.78, 5) is 0. The molecule has 0 spiro atoms. The van der Waals surface area contributed by atoms with Crippen LogP contribution in [0.1, 0.15) is 101 Å². The Morgan fingerprint density at radius 1 is 1.03 bits per heavy atom. The fourth-order valence-electron chi connectivity index (χ4n) is 5.48. The molecule has 1 aromatic rings. The minimum Gasteiger partial charge on any atom is -0.378 e. The van der Waals surface area contributed by atoms with Gasteiger partial charge in [0.2, 0.25) is 0 Å². The van der Waals surface area contributed by atoms with Gasteiger partial charge in [-0.3, -0.25) is 0 Å². The van der Waals surface area contributed by atoms with Crippen LogP contribution in [0.5, 0.6) is 0 Å². The molecule has 0 heterocycles. The summed E-state index contributed by atoms with van der Waals surface area (Å²) in [6, 6.07) is 10.9. The van der Waals surface area contributed by atoms with Crippen molar-refractivity contribution in [2.45, 2.75) is 102 Å². The molecule has 0 atom stereocenters. The molecule has 0 radical (unpaired) electrons. The Balaban J connectivity index is 1.27. The van der Waals surface area contributed by atoms with Crippen LogP contribution in [0.25, 0.3) is 0 Å². The maximum atomic E-state index is 12.7. The molecule has 3 heteroatoms. The van der Waals surface area contributed by atoms with Crippen molar-refractivity contribution in [1.82, 2.24) is 0 Å². The van der Waals surface area contributed by atoms with E-state index < -0.39 is 5.83 Å². The van der Waals surface area contributed by atoms with Crippen LogP contribution in [0.3, 0.4) is 0 Å². The third kappa shape index (κ3) is 9.09. The molecule has 0 saturated heterocycles. The Morgan fingerprint density at radius 2 is 1.73 bits per heavy atom. The molecular weight excluding hydrogens is 409 g/mol. The van der Waals surface area contributed by atoms with Crippen LogP contribution < -0.4 is 0 Å². The fourth-order valence-corrected chi connectivity index (χ4v) is 5.48. The summed E-state index contributed by atoms with van der Waals surface area (Å²) in [6.07, 6.45) is 21.2. The average Bonchev–Trinajstić information content (AvgIpc) is 2.87. The minimum absolute atomic E-state index is 0.454. The molecule has 0 aromatic heterocycles. The van der Waals surface area contributed by atoms with E-state index in [0.29, 0.717) is 12.0 Å². The summed E-state index contributed by atoms with van der Waals surface area (Å²) >= 11 is 0. The van der Waals surface area contributed by atoms with Gasteiger partial charge < -0.3 is 4.74 Å². The van der Waals surface area contributed by atoms with E-state index in [1.54, 1.807) is 6.08 Å². The number of halogens is 1. The summed E-state index contributed by atoms with van der Waals surface area (Å²) in [5.41, 5.74) is 3.00. The zero-order chi connectivity index (χ0) is 23.3. The Kier molecular flexibility index (Phi) is 11.2. The lowest BCUT2D eigenvalue weighted by molar-refractivity contribution is -0.00474. The molecule has 0 bridgehead atoms. The second-order valence-electron chi connectivity index (χ2n) is 10.2. The molecule has 33 heavy (non-hydrogen) atoms. The first kappa shape index (κ1) is 25.7. The molecule has 180 valence electrons. The van der Waals surface area contributed by atoms with E-state index in [0.717, 1.165) is 31.3 Å². The predicted octanol–water partition coefficient (Wildman–Crippen LogP) is 8.59. The van der Waals surface area contributed by atoms with Crippen LogP contribution in [0.4, 0.5) is 4.39 Å². The highest BCUT2D eigenvalue weighted by atomic mass is 19.1. The zero-order valence-electron chi connectivity index (χ0n) is 20.5. The molecule has 1 aromatic carbocycles. The molecule has 2 saturated carbocycles. The van der Waals surface area contributed by atoms with E-state index in [-0.39, 0.29) is 0 Å². The maximum absolute atomic E-state index is 12.7. The summed E-state index contributed by atoms with van der Waals surface area (Å²) in [6.45, 7) is 3.19. The van der Waals surface area contributed by atoms with Gasteiger partial charge in [-0.2, -0.15) is 9.65 Å². The molecule has 2 aliphatic carbocycles. The van der Waals surface area contributed by atoms with Crippen LogP contribution in [0, 0.1) is 23.2 Å². The molecule has 0 unspecified atom stereocenters. The number of unbranched alkanes of at least 4 members (excludes halogenated alkanes) is 1. The van der Waals surface area contributed by atoms with Crippen LogP contribution in [-0.4, -0.2) is 12.7 Å². The van der Waals surface area contributed by atoms with Gasteiger partial charge in [0.1, 0.15) is 6.07 Å². The van der Waals surface area contributed by atoms with Crippen molar-refractivity contribution >= 4 is 0 Å². The van der Waals surface area contributed by atoms with Crippen molar-refractivity contribution in [2.75, 3.05) is 6.61 Å². The lowest BCUT2D eigenvalue weighted by Gasteiger charge is -2.32. The van der Waals surface area contributed by atoms with Crippen molar-refractivity contribution in [3.05, 3.63) is 59.4 Å². The first-order valence-electron chi connectivity index (χ1n) is 13.3. The van der Waals surface area contributed by atoms with Gasteiger partial charge in [-0.25, -0.2) is 0 Å².